The lowest BCUT2D eigenvalue weighted by Crippen LogP contribution is -1.99. The zero-order valence-corrected chi connectivity index (χ0v) is 12.1. The van der Waals surface area contributed by atoms with Crippen LogP contribution in [0.5, 0.6) is 0 Å². The number of hydrogen-bond donors (Lipinski definition) is 2. The summed E-state index contributed by atoms with van der Waals surface area (Å²) in [6.07, 6.45) is 0. The van der Waals surface area contributed by atoms with Crippen molar-refractivity contribution in [1.29, 1.82) is 0 Å². The Morgan fingerprint density at radius 2 is 1.95 bits per heavy atom. The van der Waals surface area contributed by atoms with Gasteiger partial charge in [-0.25, -0.2) is 9.18 Å². The summed E-state index contributed by atoms with van der Waals surface area (Å²) in [6, 6.07) is 8.72. The highest BCUT2D eigenvalue weighted by molar-refractivity contribution is 7.53. The number of benzene rings is 2. The summed E-state index contributed by atoms with van der Waals surface area (Å²) in [4.78, 5) is 20.4. The van der Waals surface area contributed by atoms with Crippen LogP contribution < -0.4 is 0 Å². The molecule has 2 N–H and O–H groups in total. The Labute approximate surface area is 120 Å². The first-order valence-electron chi connectivity index (χ1n) is 6.23. The first kappa shape index (κ1) is 15.6. The van der Waals surface area contributed by atoms with Gasteiger partial charge >= 0.3 is 13.6 Å². The van der Waals surface area contributed by atoms with Gasteiger partial charge in [0, 0.05) is 0 Å². The molecule has 0 amide bonds. The smallest absolute Gasteiger partial charge is 0.366 e. The van der Waals surface area contributed by atoms with Crippen LogP contribution in [0.4, 0.5) is 4.39 Å². The average molecular weight is 312 g/mol. The van der Waals surface area contributed by atoms with Crippen LogP contribution in [0.1, 0.15) is 28.8 Å². The fraction of sp³-hybridized carbons (Fsp3) is 0.214. The maximum atomic E-state index is 14.1. The van der Waals surface area contributed by atoms with Gasteiger partial charge in [-0.2, -0.15) is 0 Å². The van der Waals surface area contributed by atoms with Crippen molar-refractivity contribution in [2.75, 3.05) is 6.61 Å². The molecule has 0 aliphatic carbocycles. The summed E-state index contributed by atoms with van der Waals surface area (Å²) in [5.74, 6) is -3.27. The van der Waals surface area contributed by atoms with E-state index in [1.165, 1.54) is 31.2 Å². The molecule has 2 aromatic carbocycles. The minimum absolute atomic E-state index is 0.0238. The molecule has 112 valence electrons. The van der Waals surface area contributed by atoms with E-state index in [-0.39, 0.29) is 17.7 Å². The quantitative estimate of drug-likeness (QED) is 0.822. The second kappa shape index (κ2) is 5.93. The molecule has 0 saturated carbocycles. The van der Waals surface area contributed by atoms with Crippen molar-refractivity contribution < 1.29 is 28.3 Å². The molecule has 0 aliphatic rings. The highest BCUT2D eigenvalue weighted by Gasteiger charge is 2.33. The van der Waals surface area contributed by atoms with Crippen LogP contribution >= 0.6 is 7.60 Å². The van der Waals surface area contributed by atoms with Gasteiger partial charge in [0.2, 0.25) is 5.91 Å². The minimum atomic E-state index is -4.40. The molecule has 21 heavy (non-hydrogen) atoms. The third-order valence-corrected chi connectivity index (χ3v) is 4.49. The lowest BCUT2D eigenvalue weighted by molar-refractivity contribution is 0.0697. The number of hydrogen-bond acceptors (Lipinski definition) is 3. The van der Waals surface area contributed by atoms with Crippen LogP contribution in [0, 0.1) is 0 Å². The van der Waals surface area contributed by atoms with E-state index in [1.54, 1.807) is 12.1 Å². The number of aromatic carboxylic acids is 1. The van der Waals surface area contributed by atoms with Crippen LogP contribution in [0.2, 0.25) is 0 Å². The fourth-order valence-corrected chi connectivity index (χ4v) is 3.02. The molecule has 0 bridgehead atoms. The summed E-state index contributed by atoms with van der Waals surface area (Å²) in [5.41, 5.74) is 0.0383. The molecule has 2 aromatic rings. The Hall–Kier alpha value is -1.75. The molecule has 0 heterocycles. The van der Waals surface area contributed by atoms with E-state index < -0.39 is 19.5 Å². The number of alkyl halides is 1. The van der Waals surface area contributed by atoms with Crippen LogP contribution in [0.15, 0.2) is 36.4 Å². The second-order valence-electron chi connectivity index (χ2n) is 4.44. The Bertz CT molecular complexity index is 730. The molecule has 0 aliphatic heterocycles. The molecule has 0 fully saturated rings. The topological polar surface area (TPSA) is 83.8 Å². The van der Waals surface area contributed by atoms with Crippen molar-refractivity contribution in [3.8, 4) is 0 Å². The summed E-state index contributed by atoms with van der Waals surface area (Å²) < 4.78 is 30.4. The van der Waals surface area contributed by atoms with E-state index in [1.807, 2.05) is 0 Å². The summed E-state index contributed by atoms with van der Waals surface area (Å²) in [5, 5.41) is 10.1. The number of carboxylic acids is 1. The SMILES string of the molecule is CCOP(=O)(O)C(F)c1ccc2ccc(C(=O)O)cc2c1. The van der Waals surface area contributed by atoms with Gasteiger partial charge in [-0.15, -0.1) is 0 Å². The molecule has 0 spiro atoms. The predicted octanol–water partition coefficient (Wildman–Crippen LogP) is 3.73. The zero-order chi connectivity index (χ0) is 15.6. The third kappa shape index (κ3) is 3.29. The maximum Gasteiger partial charge on any atom is 0.366 e. The highest BCUT2D eigenvalue weighted by Crippen LogP contribution is 2.57. The summed E-state index contributed by atoms with van der Waals surface area (Å²) >= 11 is 0. The molecule has 2 rings (SSSR count). The monoisotopic (exact) mass is 312 g/mol. The van der Waals surface area contributed by atoms with Gasteiger partial charge in [-0.1, -0.05) is 18.2 Å². The number of halogens is 1. The standard InChI is InChI=1S/C14H14FO5P/c1-2-20-21(18,19)13(15)10-5-3-9-4-6-11(14(16)17)8-12(9)7-10/h3-8,13H,2H2,1H3,(H,16,17)(H,18,19). The first-order chi connectivity index (χ1) is 9.85. The van der Waals surface area contributed by atoms with E-state index in [0.717, 1.165) is 0 Å². The predicted molar refractivity (Wildman–Crippen MR) is 76.2 cm³/mol. The van der Waals surface area contributed by atoms with Crippen LogP contribution in [-0.4, -0.2) is 22.6 Å². The van der Waals surface area contributed by atoms with Crippen LogP contribution in [-0.2, 0) is 9.09 Å². The normalized spacial score (nSPS) is 15.6. The van der Waals surface area contributed by atoms with E-state index in [0.29, 0.717) is 10.8 Å². The van der Waals surface area contributed by atoms with Crippen molar-refractivity contribution in [2.45, 2.75) is 12.8 Å². The number of rotatable bonds is 5. The van der Waals surface area contributed by atoms with E-state index in [2.05, 4.69) is 4.52 Å². The van der Waals surface area contributed by atoms with Crippen molar-refractivity contribution in [3.63, 3.8) is 0 Å². The molecule has 2 atom stereocenters. The van der Waals surface area contributed by atoms with Gasteiger partial charge in [0.05, 0.1) is 12.2 Å². The van der Waals surface area contributed by atoms with Gasteiger partial charge in [-0.3, -0.25) is 4.57 Å². The molecule has 7 heteroatoms. The lowest BCUT2D eigenvalue weighted by atomic mass is 10.0. The van der Waals surface area contributed by atoms with Crippen molar-refractivity contribution in [1.82, 2.24) is 0 Å². The highest BCUT2D eigenvalue weighted by atomic mass is 31.2. The fourth-order valence-electron chi connectivity index (χ4n) is 1.99. The Balaban J connectivity index is 2.46. The molecule has 2 unspecified atom stereocenters. The maximum absolute atomic E-state index is 14.1. The number of fused-ring (bicyclic) bond motifs is 1. The minimum Gasteiger partial charge on any atom is -0.478 e. The van der Waals surface area contributed by atoms with Gasteiger partial charge < -0.3 is 14.5 Å². The van der Waals surface area contributed by atoms with Crippen molar-refractivity contribution in [2.24, 2.45) is 0 Å². The van der Waals surface area contributed by atoms with Crippen molar-refractivity contribution >= 4 is 24.3 Å². The molecule has 0 radical (unpaired) electrons. The Kier molecular flexibility index (Phi) is 4.42. The van der Waals surface area contributed by atoms with E-state index >= 15 is 0 Å². The number of carbonyl (C=O) groups is 1. The van der Waals surface area contributed by atoms with Crippen molar-refractivity contribution in [3.05, 3.63) is 47.5 Å². The largest absolute Gasteiger partial charge is 0.478 e. The molecule has 0 aromatic heterocycles. The summed E-state index contributed by atoms with van der Waals surface area (Å²) in [7, 11) is -4.40. The molecule has 5 nitrogen and oxygen atoms in total. The lowest BCUT2D eigenvalue weighted by Gasteiger charge is -2.16. The van der Waals surface area contributed by atoms with E-state index in [4.69, 9.17) is 5.11 Å². The summed E-state index contributed by atoms with van der Waals surface area (Å²) in [6.45, 7) is 1.42. The van der Waals surface area contributed by atoms with Crippen LogP contribution in [0.25, 0.3) is 10.8 Å². The Morgan fingerprint density at radius 3 is 2.57 bits per heavy atom. The second-order valence-corrected chi connectivity index (χ2v) is 6.28. The first-order valence-corrected chi connectivity index (χ1v) is 7.88. The molecular weight excluding hydrogens is 298 g/mol. The van der Waals surface area contributed by atoms with Gasteiger partial charge in [0.1, 0.15) is 0 Å². The van der Waals surface area contributed by atoms with Gasteiger partial charge in [0.25, 0.3) is 0 Å². The average Bonchev–Trinajstić information content (AvgIpc) is 2.45. The van der Waals surface area contributed by atoms with Gasteiger partial charge in [0.15, 0.2) is 0 Å². The Morgan fingerprint density at radius 1 is 1.29 bits per heavy atom. The van der Waals surface area contributed by atoms with E-state index in [9.17, 15) is 18.6 Å². The molecular formula is C14H14FO5P. The molecule has 0 saturated heterocycles. The zero-order valence-electron chi connectivity index (χ0n) is 11.2. The number of carboxylic acid groups (broad SMARTS) is 1. The van der Waals surface area contributed by atoms with Gasteiger partial charge in [-0.05, 0) is 41.5 Å². The van der Waals surface area contributed by atoms with Crippen LogP contribution in [0.3, 0.4) is 0 Å². The third-order valence-electron chi connectivity index (χ3n) is 2.99.